The quantitative estimate of drug-likeness (QED) is 0.467. The first-order valence-corrected chi connectivity index (χ1v) is 10.0. The van der Waals surface area contributed by atoms with Crippen LogP contribution in [-0.4, -0.2) is 53.6 Å². The van der Waals surface area contributed by atoms with E-state index in [9.17, 15) is 14.0 Å². The summed E-state index contributed by atoms with van der Waals surface area (Å²) in [6, 6.07) is 12.4. The Morgan fingerprint density at radius 2 is 1.88 bits per heavy atom. The van der Waals surface area contributed by atoms with Crippen molar-refractivity contribution in [3.8, 4) is 11.4 Å². The summed E-state index contributed by atoms with van der Waals surface area (Å²) in [5.41, 5.74) is 1.52. The molecule has 0 atom stereocenters. The third-order valence-corrected chi connectivity index (χ3v) is 4.45. The minimum absolute atomic E-state index is 0.0744. The van der Waals surface area contributed by atoms with Gasteiger partial charge in [-0.15, -0.1) is 5.10 Å². The van der Waals surface area contributed by atoms with Crippen molar-refractivity contribution >= 4 is 11.8 Å². The van der Waals surface area contributed by atoms with Crippen molar-refractivity contribution in [3.05, 3.63) is 71.3 Å². The van der Waals surface area contributed by atoms with E-state index >= 15 is 0 Å². The number of aromatic nitrogens is 3. The van der Waals surface area contributed by atoms with E-state index < -0.39 is 11.7 Å². The predicted octanol–water partition coefficient (Wildman–Crippen LogP) is 2.11. The maximum atomic E-state index is 13.5. The van der Waals surface area contributed by atoms with Crippen LogP contribution in [0.4, 0.5) is 4.39 Å². The number of halogens is 1. The van der Waals surface area contributed by atoms with Gasteiger partial charge in [-0.2, -0.15) is 0 Å². The van der Waals surface area contributed by atoms with E-state index in [2.05, 4.69) is 20.9 Å². The molecule has 1 aromatic heterocycles. The van der Waals surface area contributed by atoms with Crippen molar-refractivity contribution in [3.63, 3.8) is 0 Å². The Labute approximate surface area is 184 Å². The lowest BCUT2D eigenvalue weighted by molar-refractivity contribution is 0.0927. The maximum Gasteiger partial charge on any atom is 0.274 e. The monoisotopic (exact) mass is 441 g/mol. The number of rotatable bonds is 10. The van der Waals surface area contributed by atoms with Gasteiger partial charge in [-0.1, -0.05) is 11.3 Å². The number of methoxy groups -OCH3 is 1. The van der Waals surface area contributed by atoms with Crippen LogP contribution < -0.4 is 15.4 Å². The summed E-state index contributed by atoms with van der Waals surface area (Å²) in [7, 11) is 1.53. The molecule has 2 N–H and O–H groups in total. The van der Waals surface area contributed by atoms with Gasteiger partial charge >= 0.3 is 0 Å². The van der Waals surface area contributed by atoms with Crippen molar-refractivity contribution in [1.29, 1.82) is 0 Å². The van der Waals surface area contributed by atoms with Crippen LogP contribution in [0.5, 0.6) is 5.75 Å². The number of nitrogens with zero attached hydrogens (tertiary/aromatic N) is 3. The van der Waals surface area contributed by atoms with Crippen molar-refractivity contribution in [1.82, 2.24) is 25.6 Å². The Kier molecular flexibility index (Phi) is 7.87. The molecule has 0 unspecified atom stereocenters. The van der Waals surface area contributed by atoms with Crippen LogP contribution in [0.3, 0.4) is 0 Å². The van der Waals surface area contributed by atoms with Gasteiger partial charge in [0.2, 0.25) is 0 Å². The SMILES string of the molecule is CCNC(=O)c1ccc(-n2nnc(C(=O)NCCOC)c2COc2cccc(F)c2)cc1. The largest absolute Gasteiger partial charge is 0.487 e. The number of ether oxygens (including phenoxy) is 2. The zero-order valence-corrected chi connectivity index (χ0v) is 17.8. The summed E-state index contributed by atoms with van der Waals surface area (Å²) in [5.74, 6) is -0.765. The molecule has 3 aromatic rings. The first-order chi connectivity index (χ1) is 15.5. The Morgan fingerprint density at radius 1 is 1.09 bits per heavy atom. The normalized spacial score (nSPS) is 10.6. The molecular formula is C22H24FN5O4. The van der Waals surface area contributed by atoms with E-state index in [-0.39, 0.29) is 18.2 Å². The molecule has 2 amide bonds. The molecule has 0 spiro atoms. The molecule has 168 valence electrons. The first kappa shape index (κ1) is 22.9. The molecule has 32 heavy (non-hydrogen) atoms. The third kappa shape index (κ3) is 5.67. The highest BCUT2D eigenvalue weighted by molar-refractivity contribution is 5.94. The van der Waals surface area contributed by atoms with E-state index in [0.29, 0.717) is 42.4 Å². The fourth-order valence-corrected chi connectivity index (χ4v) is 2.89. The van der Waals surface area contributed by atoms with Crippen LogP contribution in [-0.2, 0) is 11.3 Å². The summed E-state index contributed by atoms with van der Waals surface area (Å²) in [4.78, 5) is 24.6. The standard InChI is InChI=1S/C22H24FN5O4/c1-3-24-21(29)15-7-9-17(10-8-15)28-19(14-32-18-6-4-5-16(23)13-18)20(26-27-28)22(30)25-11-12-31-2/h4-10,13H,3,11-12,14H2,1-2H3,(H,24,29)(H,25,30). The number of nitrogens with one attached hydrogen (secondary N) is 2. The van der Waals surface area contributed by atoms with Crippen LogP contribution in [0.2, 0.25) is 0 Å². The van der Waals surface area contributed by atoms with Gasteiger partial charge in [0.1, 0.15) is 23.9 Å². The Bertz CT molecular complexity index is 1070. The van der Waals surface area contributed by atoms with Crippen LogP contribution in [0.1, 0.15) is 33.5 Å². The first-order valence-electron chi connectivity index (χ1n) is 10.0. The van der Waals surface area contributed by atoms with Gasteiger partial charge in [-0.25, -0.2) is 9.07 Å². The molecule has 0 saturated heterocycles. The van der Waals surface area contributed by atoms with Gasteiger partial charge in [0, 0.05) is 31.8 Å². The van der Waals surface area contributed by atoms with Crippen LogP contribution in [0.15, 0.2) is 48.5 Å². The zero-order valence-electron chi connectivity index (χ0n) is 17.8. The highest BCUT2D eigenvalue weighted by Crippen LogP contribution is 2.18. The van der Waals surface area contributed by atoms with Crippen LogP contribution >= 0.6 is 0 Å². The maximum absolute atomic E-state index is 13.5. The van der Waals surface area contributed by atoms with Gasteiger partial charge in [0.25, 0.3) is 11.8 Å². The topological polar surface area (TPSA) is 107 Å². The van der Waals surface area contributed by atoms with Gasteiger partial charge < -0.3 is 20.1 Å². The lowest BCUT2D eigenvalue weighted by atomic mass is 10.2. The molecule has 10 heteroatoms. The number of hydrogen-bond acceptors (Lipinski definition) is 6. The van der Waals surface area contributed by atoms with E-state index in [1.807, 2.05) is 6.92 Å². The number of carbonyl (C=O) groups is 2. The van der Waals surface area contributed by atoms with Crippen LogP contribution in [0, 0.1) is 5.82 Å². The highest BCUT2D eigenvalue weighted by atomic mass is 19.1. The fourth-order valence-electron chi connectivity index (χ4n) is 2.89. The summed E-state index contributed by atoms with van der Waals surface area (Å²) < 4.78 is 25.6. The second-order valence-electron chi connectivity index (χ2n) is 6.70. The number of amides is 2. The van der Waals surface area contributed by atoms with Crippen molar-refractivity contribution in [2.75, 3.05) is 26.8 Å². The third-order valence-electron chi connectivity index (χ3n) is 4.45. The van der Waals surface area contributed by atoms with E-state index in [0.717, 1.165) is 0 Å². The molecule has 3 rings (SSSR count). The van der Waals surface area contributed by atoms with Crippen molar-refractivity contribution in [2.24, 2.45) is 0 Å². The van der Waals surface area contributed by atoms with E-state index in [1.54, 1.807) is 30.3 Å². The average molecular weight is 441 g/mol. The predicted molar refractivity (Wildman–Crippen MR) is 114 cm³/mol. The molecule has 1 heterocycles. The van der Waals surface area contributed by atoms with Gasteiger partial charge in [0.05, 0.1) is 12.3 Å². The number of carbonyl (C=O) groups excluding carboxylic acids is 2. The molecule has 0 fully saturated rings. The summed E-state index contributed by atoms with van der Waals surface area (Å²) >= 11 is 0. The highest BCUT2D eigenvalue weighted by Gasteiger charge is 2.21. The fraction of sp³-hybridized carbons (Fsp3) is 0.273. The summed E-state index contributed by atoms with van der Waals surface area (Å²) in [6.45, 7) is 2.92. The molecule has 2 aromatic carbocycles. The minimum Gasteiger partial charge on any atom is -0.487 e. The van der Waals surface area contributed by atoms with Crippen molar-refractivity contribution < 1.29 is 23.5 Å². The number of hydrogen-bond donors (Lipinski definition) is 2. The van der Waals surface area contributed by atoms with Crippen molar-refractivity contribution in [2.45, 2.75) is 13.5 Å². The molecule has 0 aliphatic heterocycles. The van der Waals surface area contributed by atoms with E-state index in [4.69, 9.17) is 9.47 Å². The second-order valence-corrected chi connectivity index (χ2v) is 6.70. The second kappa shape index (κ2) is 11.0. The zero-order chi connectivity index (χ0) is 22.9. The molecule has 0 radical (unpaired) electrons. The van der Waals surface area contributed by atoms with Gasteiger partial charge in [-0.3, -0.25) is 9.59 Å². The number of benzene rings is 2. The summed E-state index contributed by atoms with van der Waals surface area (Å²) in [5, 5.41) is 13.5. The molecule has 0 bridgehead atoms. The van der Waals surface area contributed by atoms with Crippen LogP contribution in [0.25, 0.3) is 5.69 Å². The molecule has 9 nitrogen and oxygen atoms in total. The molecule has 0 aliphatic carbocycles. The van der Waals surface area contributed by atoms with E-state index in [1.165, 1.54) is 30.0 Å². The average Bonchev–Trinajstić information content (AvgIpc) is 3.22. The minimum atomic E-state index is -0.440. The van der Waals surface area contributed by atoms with Gasteiger partial charge in [0.15, 0.2) is 5.69 Å². The molecule has 0 aliphatic rings. The van der Waals surface area contributed by atoms with Gasteiger partial charge in [-0.05, 0) is 43.3 Å². The summed E-state index contributed by atoms with van der Waals surface area (Å²) in [6.07, 6.45) is 0. The smallest absolute Gasteiger partial charge is 0.274 e. The Morgan fingerprint density at radius 3 is 2.56 bits per heavy atom. The molecular weight excluding hydrogens is 417 g/mol. The lowest BCUT2D eigenvalue weighted by Crippen LogP contribution is -2.28. The Hall–Kier alpha value is -3.79. The Balaban J connectivity index is 1.89. The molecule has 0 saturated carbocycles. The lowest BCUT2D eigenvalue weighted by Gasteiger charge is -2.11.